The van der Waals surface area contributed by atoms with Crippen LogP contribution in [0.15, 0.2) is 67.0 Å². The van der Waals surface area contributed by atoms with Gasteiger partial charge in [-0.25, -0.2) is 4.79 Å². The van der Waals surface area contributed by atoms with Crippen molar-refractivity contribution in [3.8, 4) is 10.4 Å². The average Bonchev–Trinajstić information content (AvgIpc) is 3.40. The molecule has 5 nitrogen and oxygen atoms in total. The van der Waals surface area contributed by atoms with Crippen LogP contribution < -0.4 is 10.2 Å². The Kier molecular flexibility index (Phi) is 5.07. The maximum absolute atomic E-state index is 13.0. The van der Waals surface area contributed by atoms with Gasteiger partial charge >= 0.3 is 6.03 Å². The molecule has 0 unspecified atom stereocenters. The molecule has 1 aliphatic heterocycles. The fraction of sp³-hybridized carbons (Fsp3) is 0.360. The van der Waals surface area contributed by atoms with Crippen LogP contribution in [-0.2, 0) is 5.54 Å². The largest absolute Gasteiger partial charge is 0.330 e. The number of rotatable bonds is 4. The number of anilines is 1. The van der Waals surface area contributed by atoms with Crippen LogP contribution in [0.5, 0.6) is 0 Å². The van der Waals surface area contributed by atoms with Gasteiger partial charge in [0.1, 0.15) is 0 Å². The summed E-state index contributed by atoms with van der Waals surface area (Å²) >= 11 is 1.66. The van der Waals surface area contributed by atoms with E-state index in [0.717, 1.165) is 47.7 Å². The molecule has 3 aromatic rings. The molecular formula is C25H28N4OS. The van der Waals surface area contributed by atoms with E-state index in [1.54, 1.807) is 23.7 Å². The highest BCUT2D eigenvalue weighted by Crippen LogP contribution is 2.47. The number of carbonyl (C=O) groups excluding carboxylic acids is 1. The third kappa shape index (κ3) is 3.54. The minimum Gasteiger partial charge on any atom is -0.330 e. The number of thiophene rings is 1. The topological polar surface area (TPSA) is 48.5 Å². The quantitative estimate of drug-likeness (QED) is 0.623. The Morgan fingerprint density at radius 1 is 0.968 bits per heavy atom. The number of carbonyl (C=O) groups is 1. The van der Waals surface area contributed by atoms with Gasteiger partial charge in [-0.15, -0.1) is 11.3 Å². The van der Waals surface area contributed by atoms with Crippen molar-refractivity contribution in [1.29, 1.82) is 0 Å². The predicted molar refractivity (Wildman–Crippen MR) is 126 cm³/mol. The smallest absolute Gasteiger partial charge is 0.323 e. The van der Waals surface area contributed by atoms with Crippen molar-refractivity contribution in [1.82, 2.24) is 15.2 Å². The molecule has 1 spiro atoms. The highest BCUT2D eigenvalue weighted by atomic mass is 32.1. The highest BCUT2D eigenvalue weighted by molar-refractivity contribution is 7.19. The normalized spacial score (nSPS) is 25.9. The number of hydrogen-bond donors (Lipinski definition) is 1. The van der Waals surface area contributed by atoms with Crippen LogP contribution in [0.25, 0.3) is 10.4 Å². The Morgan fingerprint density at radius 2 is 1.68 bits per heavy atom. The first-order valence-corrected chi connectivity index (χ1v) is 11.7. The fourth-order valence-electron chi connectivity index (χ4n) is 5.20. The first-order valence-electron chi connectivity index (χ1n) is 10.8. The average molecular weight is 433 g/mol. The molecule has 3 heterocycles. The number of pyridine rings is 1. The molecule has 1 aromatic carbocycles. The minimum absolute atomic E-state index is 0.0280. The zero-order valence-corrected chi connectivity index (χ0v) is 18.9. The predicted octanol–water partition coefficient (Wildman–Crippen LogP) is 5.11. The maximum Gasteiger partial charge on any atom is 0.323 e. The van der Waals surface area contributed by atoms with Gasteiger partial charge in [-0.3, -0.25) is 14.8 Å². The van der Waals surface area contributed by atoms with Crippen LogP contribution in [-0.4, -0.2) is 42.1 Å². The van der Waals surface area contributed by atoms with Gasteiger partial charge in [-0.1, -0.05) is 30.3 Å². The Bertz CT molecular complexity index is 1060. The van der Waals surface area contributed by atoms with E-state index in [9.17, 15) is 4.79 Å². The third-order valence-corrected chi connectivity index (χ3v) is 8.26. The SMILES string of the molecule is CN(C)C1(c2ccccc2)CCC2(CC1)CN(c1ccc(-c3ccncc3)s1)C(=O)N2. The van der Waals surface area contributed by atoms with Crippen molar-refractivity contribution in [3.63, 3.8) is 0 Å². The van der Waals surface area contributed by atoms with Gasteiger partial charge < -0.3 is 5.32 Å². The molecule has 1 aliphatic carbocycles. The van der Waals surface area contributed by atoms with Crippen LogP contribution in [0.2, 0.25) is 0 Å². The fourth-order valence-corrected chi connectivity index (χ4v) is 6.21. The number of amides is 2. The van der Waals surface area contributed by atoms with Crippen LogP contribution in [0.3, 0.4) is 0 Å². The van der Waals surface area contributed by atoms with E-state index in [0.29, 0.717) is 0 Å². The molecule has 2 aliphatic rings. The lowest BCUT2D eigenvalue weighted by molar-refractivity contribution is 0.0658. The van der Waals surface area contributed by atoms with E-state index in [1.807, 2.05) is 17.0 Å². The van der Waals surface area contributed by atoms with Gasteiger partial charge in [0.2, 0.25) is 0 Å². The number of urea groups is 1. The zero-order chi connectivity index (χ0) is 21.5. The molecular weight excluding hydrogens is 404 g/mol. The second-order valence-corrected chi connectivity index (χ2v) is 10.0. The van der Waals surface area contributed by atoms with Gasteiger partial charge in [0.25, 0.3) is 0 Å². The number of nitrogens with one attached hydrogen (secondary N) is 1. The summed E-state index contributed by atoms with van der Waals surface area (Å²) in [5.41, 5.74) is 2.39. The van der Waals surface area contributed by atoms with Gasteiger partial charge in [0, 0.05) is 22.8 Å². The summed E-state index contributed by atoms with van der Waals surface area (Å²) in [5.74, 6) is 0. The lowest BCUT2D eigenvalue weighted by Gasteiger charge is -2.48. The highest BCUT2D eigenvalue weighted by Gasteiger charge is 2.50. The first kappa shape index (κ1) is 20.2. The summed E-state index contributed by atoms with van der Waals surface area (Å²) in [6.45, 7) is 0.737. The monoisotopic (exact) mass is 432 g/mol. The minimum atomic E-state index is -0.147. The number of aromatic nitrogens is 1. The Hall–Kier alpha value is -2.70. The van der Waals surface area contributed by atoms with Gasteiger partial charge in [0.05, 0.1) is 17.1 Å². The summed E-state index contributed by atoms with van der Waals surface area (Å²) < 4.78 is 0. The van der Waals surface area contributed by atoms with Crippen molar-refractivity contribution in [2.75, 3.05) is 25.5 Å². The Morgan fingerprint density at radius 3 is 2.35 bits per heavy atom. The molecule has 2 amide bonds. The van der Waals surface area contributed by atoms with Crippen molar-refractivity contribution in [2.45, 2.75) is 36.8 Å². The molecule has 0 radical (unpaired) electrons. The lowest BCUT2D eigenvalue weighted by atomic mass is 9.69. The third-order valence-electron chi connectivity index (χ3n) is 7.10. The summed E-state index contributed by atoms with van der Waals surface area (Å²) in [7, 11) is 4.35. The Balaban J connectivity index is 1.34. The molecule has 5 rings (SSSR count). The van der Waals surface area contributed by atoms with Crippen molar-refractivity contribution in [2.24, 2.45) is 0 Å². The summed E-state index contributed by atoms with van der Waals surface area (Å²) in [6.07, 6.45) is 7.63. The molecule has 1 saturated heterocycles. The maximum atomic E-state index is 13.0. The molecule has 0 atom stereocenters. The van der Waals surface area contributed by atoms with Gasteiger partial charge in [-0.05, 0) is 75.2 Å². The van der Waals surface area contributed by atoms with E-state index in [2.05, 4.69) is 71.8 Å². The molecule has 0 bridgehead atoms. The van der Waals surface area contributed by atoms with E-state index in [4.69, 9.17) is 0 Å². The molecule has 6 heteroatoms. The van der Waals surface area contributed by atoms with E-state index >= 15 is 0 Å². The standard InChI is InChI=1S/C25H28N4OS/c1-28(2)25(20-6-4-3-5-7-20)14-12-24(13-15-25)18-29(23(30)27-24)22-9-8-21(31-22)19-10-16-26-17-11-19/h3-11,16-17H,12-15,18H2,1-2H3,(H,27,30). The van der Waals surface area contributed by atoms with Crippen LogP contribution in [0.1, 0.15) is 31.2 Å². The lowest BCUT2D eigenvalue weighted by Crippen LogP contribution is -2.54. The van der Waals surface area contributed by atoms with Crippen molar-refractivity contribution >= 4 is 22.4 Å². The second kappa shape index (κ2) is 7.77. The molecule has 1 N–H and O–H groups in total. The molecule has 160 valence electrons. The van der Waals surface area contributed by atoms with Crippen molar-refractivity contribution < 1.29 is 4.79 Å². The van der Waals surface area contributed by atoms with Gasteiger partial charge in [-0.2, -0.15) is 0 Å². The van der Waals surface area contributed by atoms with Crippen LogP contribution in [0.4, 0.5) is 9.80 Å². The zero-order valence-electron chi connectivity index (χ0n) is 18.0. The van der Waals surface area contributed by atoms with Crippen LogP contribution in [0, 0.1) is 0 Å². The van der Waals surface area contributed by atoms with Crippen LogP contribution >= 0.6 is 11.3 Å². The second-order valence-electron chi connectivity index (χ2n) is 8.96. The number of benzene rings is 1. The Labute approximate surface area is 187 Å². The van der Waals surface area contributed by atoms with E-state index in [1.165, 1.54) is 5.56 Å². The summed E-state index contributed by atoms with van der Waals surface area (Å²) in [5, 5.41) is 4.37. The summed E-state index contributed by atoms with van der Waals surface area (Å²) in [4.78, 5) is 22.5. The van der Waals surface area contributed by atoms with Crippen molar-refractivity contribution in [3.05, 3.63) is 72.6 Å². The van der Waals surface area contributed by atoms with Gasteiger partial charge in [0.15, 0.2) is 0 Å². The molecule has 1 saturated carbocycles. The number of hydrogen-bond acceptors (Lipinski definition) is 4. The van der Waals surface area contributed by atoms with E-state index in [-0.39, 0.29) is 17.1 Å². The molecule has 2 aromatic heterocycles. The first-order chi connectivity index (χ1) is 15.0. The molecule has 31 heavy (non-hydrogen) atoms. The number of nitrogens with zero attached hydrogens (tertiary/aromatic N) is 3. The summed E-state index contributed by atoms with van der Waals surface area (Å²) in [6, 6.07) is 19.0. The van der Waals surface area contributed by atoms with E-state index < -0.39 is 0 Å². The molecule has 2 fully saturated rings.